The number of benzene rings is 1. The van der Waals surface area contributed by atoms with Crippen molar-refractivity contribution in [3.63, 3.8) is 0 Å². The predicted octanol–water partition coefficient (Wildman–Crippen LogP) is 2.17. The van der Waals surface area contributed by atoms with Gasteiger partial charge in [0.1, 0.15) is 0 Å². The van der Waals surface area contributed by atoms with Gasteiger partial charge < -0.3 is 10.1 Å². The van der Waals surface area contributed by atoms with Crippen LogP contribution in [0, 0.1) is 0 Å². The molecular formula is C15H18N2O4S2. The Kier molecular flexibility index (Phi) is 6.79. The van der Waals surface area contributed by atoms with Crippen molar-refractivity contribution in [1.29, 1.82) is 0 Å². The zero-order chi connectivity index (χ0) is 16.7. The van der Waals surface area contributed by atoms with Gasteiger partial charge in [0.05, 0.1) is 10.1 Å². The first-order valence-corrected chi connectivity index (χ1v) is 9.28. The second-order valence-corrected chi connectivity index (χ2v) is 7.40. The molecule has 0 unspecified atom stereocenters. The Bertz CT molecular complexity index is 571. The van der Waals surface area contributed by atoms with Crippen molar-refractivity contribution in [2.24, 2.45) is 0 Å². The monoisotopic (exact) mass is 354 g/mol. The van der Waals surface area contributed by atoms with Crippen LogP contribution in [0.25, 0.3) is 0 Å². The molecule has 124 valence electrons. The van der Waals surface area contributed by atoms with Crippen molar-refractivity contribution in [1.82, 2.24) is 10.6 Å². The van der Waals surface area contributed by atoms with Crippen LogP contribution in [0.15, 0.2) is 24.3 Å². The molecule has 0 radical (unpaired) electrons. The van der Waals surface area contributed by atoms with Crippen LogP contribution in [-0.2, 0) is 9.53 Å². The molecule has 0 saturated carbocycles. The molecule has 0 bridgehead atoms. The van der Waals surface area contributed by atoms with Crippen LogP contribution < -0.4 is 10.6 Å². The lowest BCUT2D eigenvalue weighted by atomic mass is 10.1. The number of hydrogen-bond acceptors (Lipinski definition) is 6. The van der Waals surface area contributed by atoms with Gasteiger partial charge in [-0.25, -0.2) is 9.59 Å². The van der Waals surface area contributed by atoms with Crippen molar-refractivity contribution < 1.29 is 19.1 Å². The van der Waals surface area contributed by atoms with Gasteiger partial charge in [-0.3, -0.25) is 10.1 Å². The van der Waals surface area contributed by atoms with Gasteiger partial charge in [-0.1, -0.05) is 12.1 Å². The zero-order valence-electron chi connectivity index (χ0n) is 12.7. The number of amides is 3. The van der Waals surface area contributed by atoms with Gasteiger partial charge in [0.15, 0.2) is 6.61 Å². The maximum absolute atomic E-state index is 11.9. The lowest BCUT2D eigenvalue weighted by Crippen LogP contribution is -2.41. The number of ether oxygens (including phenoxy) is 1. The first-order chi connectivity index (χ1) is 11.1. The highest BCUT2D eigenvalue weighted by Crippen LogP contribution is 2.45. The highest BCUT2D eigenvalue weighted by molar-refractivity contribution is 8.19. The highest BCUT2D eigenvalue weighted by Gasteiger charge is 2.19. The van der Waals surface area contributed by atoms with E-state index in [9.17, 15) is 14.4 Å². The van der Waals surface area contributed by atoms with Crippen LogP contribution in [0.3, 0.4) is 0 Å². The van der Waals surface area contributed by atoms with E-state index in [1.54, 1.807) is 19.1 Å². The highest BCUT2D eigenvalue weighted by atomic mass is 32.2. The fraction of sp³-hybridized carbons (Fsp3) is 0.400. The van der Waals surface area contributed by atoms with Gasteiger partial charge in [-0.05, 0) is 24.6 Å². The average Bonchev–Trinajstić information content (AvgIpc) is 3.07. The fourth-order valence-corrected chi connectivity index (χ4v) is 4.77. The number of thioether (sulfide) groups is 2. The maximum atomic E-state index is 11.9. The Balaban J connectivity index is 1.81. The fourth-order valence-electron chi connectivity index (χ4n) is 1.91. The van der Waals surface area contributed by atoms with E-state index in [-0.39, 0.29) is 0 Å². The standard InChI is InChI=1S/C15H18N2O4S2/c1-2-16-15(20)17-12(18)9-21-13(19)10-3-5-11(6-4-10)14-22-7-8-23-14/h3-6,14H,2,7-9H2,1H3,(H2,16,17,18,20). The first kappa shape index (κ1) is 17.7. The molecule has 23 heavy (non-hydrogen) atoms. The summed E-state index contributed by atoms with van der Waals surface area (Å²) >= 11 is 3.78. The summed E-state index contributed by atoms with van der Waals surface area (Å²) in [5.74, 6) is 1.02. The van der Waals surface area contributed by atoms with Crippen molar-refractivity contribution in [2.45, 2.75) is 11.5 Å². The van der Waals surface area contributed by atoms with E-state index in [0.717, 1.165) is 11.5 Å². The summed E-state index contributed by atoms with van der Waals surface area (Å²) in [5, 5.41) is 4.48. The molecule has 2 N–H and O–H groups in total. The number of carbonyl (C=O) groups is 3. The number of urea groups is 1. The minimum absolute atomic E-state index is 0.382. The van der Waals surface area contributed by atoms with E-state index >= 15 is 0 Å². The van der Waals surface area contributed by atoms with Gasteiger partial charge in [-0.15, -0.1) is 23.5 Å². The molecule has 1 heterocycles. The van der Waals surface area contributed by atoms with E-state index in [1.807, 2.05) is 35.7 Å². The third-order valence-electron chi connectivity index (χ3n) is 2.96. The third-order valence-corrected chi connectivity index (χ3v) is 6.07. The lowest BCUT2D eigenvalue weighted by molar-refractivity contribution is -0.123. The molecule has 1 aromatic rings. The van der Waals surface area contributed by atoms with Gasteiger partial charge in [0, 0.05) is 18.1 Å². The Morgan fingerprint density at radius 3 is 2.43 bits per heavy atom. The first-order valence-electron chi connectivity index (χ1n) is 7.18. The van der Waals surface area contributed by atoms with Crippen molar-refractivity contribution >= 4 is 41.4 Å². The maximum Gasteiger partial charge on any atom is 0.338 e. The largest absolute Gasteiger partial charge is 0.452 e. The number of esters is 1. The molecule has 1 aliphatic heterocycles. The summed E-state index contributed by atoms with van der Waals surface area (Å²) in [6.45, 7) is 1.64. The van der Waals surface area contributed by atoms with Crippen LogP contribution in [-0.4, -0.2) is 42.6 Å². The molecule has 8 heteroatoms. The summed E-state index contributed by atoms with van der Waals surface area (Å²) < 4.78 is 5.31. The summed E-state index contributed by atoms with van der Waals surface area (Å²) in [4.78, 5) is 34.5. The molecular weight excluding hydrogens is 336 g/mol. The summed E-state index contributed by atoms with van der Waals surface area (Å²) in [7, 11) is 0. The number of imide groups is 1. The minimum Gasteiger partial charge on any atom is -0.452 e. The van der Waals surface area contributed by atoms with E-state index in [4.69, 9.17) is 4.74 Å². The normalized spacial score (nSPS) is 14.3. The Labute approximate surface area is 143 Å². The molecule has 1 saturated heterocycles. The molecule has 3 amide bonds. The molecule has 0 aliphatic carbocycles. The molecule has 6 nitrogen and oxygen atoms in total. The van der Waals surface area contributed by atoms with E-state index < -0.39 is 24.5 Å². The van der Waals surface area contributed by atoms with Crippen LogP contribution in [0.1, 0.15) is 27.4 Å². The topological polar surface area (TPSA) is 84.5 Å². The zero-order valence-corrected chi connectivity index (χ0v) is 14.3. The predicted molar refractivity (Wildman–Crippen MR) is 91.6 cm³/mol. The molecule has 1 fully saturated rings. The Hall–Kier alpha value is -1.67. The summed E-state index contributed by atoms with van der Waals surface area (Å²) in [6.07, 6.45) is 0. The van der Waals surface area contributed by atoms with Crippen LogP contribution in [0.4, 0.5) is 4.79 Å². The van der Waals surface area contributed by atoms with Crippen LogP contribution >= 0.6 is 23.5 Å². The second-order valence-electron chi connectivity index (χ2n) is 4.68. The van der Waals surface area contributed by atoms with Crippen LogP contribution in [0.5, 0.6) is 0 Å². The number of rotatable bonds is 5. The van der Waals surface area contributed by atoms with E-state index in [0.29, 0.717) is 16.7 Å². The molecule has 1 aliphatic rings. The van der Waals surface area contributed by atoms with E-state index in [1.165, 1.54) is 5.56 Å². The number of carbonyl (C=O) groups excluding carboxylic acids is 3. The van der Waals surface area contributed by atoms with E-state index in [2.05, 4.69) is 10.6 Å². The van der Waals surface area contributed by atoms with Gasteiger partial charge in [0.2, 0.25) is 0 Å². The molecule has 2 rings (SSSR count). The van der Waals surface area contributed by atoms with Crippen molar-refractivity contribution in [2.75, 3.05) is 24.7 Å². The number of nitrogens with one attached hydrogen (secondary N) is 2. The van der Waals surface area contributed by atoms with Gasteiger partial charge >= 0.3 is 12.0 Å². The summed E-state index contributed by atoms with van der Waals surface area (Å²) in [6, 6.07) is 6.59. The molecule has 0 aromatic heterocycles. The van der Waals surface area contributed by atoms with Crippen molar-refractivity contribution in [3.05, 3.63) is 35.4 Å². The Morgan fingerprint density at radius 2 is 1.83 bits per heavy atom. The lowest BCUT2D eigenvalue weighted by Gasteiger charge is -2.09. The van der Waals surface area contributed by atoms with Crippen LogP contribution in [0.2, 0.25) is 0 Å². The molecule has 1 aromatic carbocycles. The third kappa shape index (κ3) is 5.47. The molecule has 0 spiro atoms. The SMILES string of the molecule is CCNC(=O)NC(=O)COC(=O)c1ccc(C2SCCS2)cc1. The summed E-state index contributed by atoms with van der Waals surface area (Å²) in [5.41, 5.74) is 1.55. The second kappa shape index (κ2) is 8.83. The average molecular weight is 354 g/mol. The van der Waals surface area contributed by atoms with Crippen molar-refractivity contribution in [3.8, 4) is 0 Å². The van der Waals surface area contributed by atoms with Gasteiger partial charge in [0.25, 0.3) is 5.91 Å². The Morgan fingerprint density at radius 1 is 1.17 bits per heavy atom. The quantitative estimate of drug-likeness (QED) is 0.789. The van der Waals surface area contributed by atoms with Gasteiger partial charge in [-0.2, -0.15) is 0 Å². The molecule has 0 atom stereocenters. The number of hydrogen-bond donors (Lipinski definition) is 2. The smallest absolute Gasteiger partial charge is 0.338 e. The minimum atomic E-state index is -0.667.